The largest absolute Gasteiger partial charge is 0.390 e. The van der Waals surface area contributed by atoms with Gasteiger partial charge in [-0.15, -0.1) is 11.3 Å². The zero-order chi connectivity index (χ0) is 18.1. The maximum absolute atomic E-state index is 12.2. The number of aliphatic imine (C=N–C) groups is 1. The van der Waals surface area contributed by atoms with Gasteiger partial charge < -0.3 is 15.7 Å². The van der Waals surface area contributed by atoms with Crippen molar-refractivity contribution in [3.05, 3.63) is 47.6 Å². The molecule has 9 heteroatoms. The van der Waals surface area contributed by atoms with E-state index in [4.69, 9.17) is 0 Å². The van der Waals surface area contributed by atoms with E-state index in [0.717, 1.165) is 17.0 Å². The van der Waals surface area contributed by atoms with Gasteiger partial charge in [0.25, 0.3) is 0 Å². The molecule has 0 radical (unpaired) electrons. The second-order valence-electron chi connectivity index (χ2n) is 5.26. The highest BCUT2D eigenvalue weighted by atomic mass is 32.2. The lowest BCUT2D eigenvalue weighted by molar-refractivity contribution is 0.200. The first-order chi connectivity index (χ1) is 12.0. The second-order valence-corrected chi connectivity index (χ2v) is 8.47. The molecule has 0 bridgehead atoms. The molecule has 0 spiro atoms. The maximum Gasteiger partial charge on any atom is 0.191 e. The number of aliphatic hydroxyl groups excluding tert-OH is 1. The number of nitrogens with zero attached hydrogens (tertiary/aromatic N) is 2. The van der Waals surface area contributed by atoms with Crippen LogP contribution in [0.2, 0.25) is 0 Å². The molecule has 0 aromatic carbocycles. The normalized spacial score (nSPS) is 13.4. The first-order valence-corrected chi connectivity index (χ1v) is 10.4. The summed E-state index contributed by atoms with van der Waals surface area (Å²) in [5, 5.41) is 17.8. The van der Waals surface area contributed by atoms with Gasteiger partial charge >= 0.3 is 0 Å². The summed E-state index contributed by atoms with van der Waals surface area (Å²) in [7, 11) is -3.47. The summed E-state index contributed by atoms with van der Waals surface area (Å²) in [5.41, 5.74) is 0.820. The van der Waals surface area contributed by atoms with E-state index >= 15 is 0 Å². The highest BCUT2D eigenvalue weighted by Crippen LogP contribution is 2.17. The molecule has 2 heterocycles. The molecular formula is C16H22N4O3S2. The highest BCUT2D eigenvalue weighted by Gasteiger charge is 2.20. The minimum Gasteiger partial charge on any atom is -0.390 e. The number of hydrogen-bond acceptors (Lipinski definition) is 6. The van der Waals surface area contributed by atoms with Crippen LogP contribution in [-0.2, 0) is 16.4 Å². The van der Waals surface area contributed by atoms with Crippen LogP contribution in [-0.4, -0.2) is 49.4 Å². The van der Waals surface area contributed by atoms with Crippen LogP contribution in [0.4, 0.5) is 0 Å². The predicted molar refractivity (Wildman–Crippen MR) is 99.4 cm³/mol. The molecule has 0 saturated heterocycles. The van der Waals surface area contributed by atoms with Crippen LogP contribution in [0.1, 0.15) is 12.6 Å². The standard InChI is InChI=1S/C16H22N4O3S2/c1-2-17-16(19-10-13-6-3-4-8-18-13)20-11-14(21)12-25(22,23)15-7-5-9-24-15/h3-9,14,21H,2,10-12H2,1H3,(H2,17,19,20). The molecule has 0 aliphatic carbocycles. The third-order valence-corrected chi connectivity index (χ3v) is 6.47. The van der Waals surface area contributed by atoms with Gasteiger partial charge in [0.05, 0.1) is 24.1 Å². The fourth-order valence-electron chi connectivity index (χ4n) is 2.04. The van der Waals surface area contributed by atoms with E-state index in [2.05, 4.69) is 20.6 Å². The number of nitrogens with one attached hydrogen (secondary N) is 2. The van der Waals surface area contributed by atoms with Crippen molar-refractivity contribution >= 4 is 27.1 Å². The van der Waals surface area contributed by atoms with Crippen LogP contribution < -0.4 is 10.6 Å². The fraction of sp³-hybridized carbons (Fsp3) is 0.375. The van der Waals surface area contributed by atoms with E-state index in [1.165, 1.54) is 0 Å². The summed E-state index contributed by atoms with van der Waals surface area (Å²) in [6.45, 7) is 3.05. The first kappa shape index (κ1) is 19.4. The van der Waals surface area contributed by atoms with Crippen molar-refractivity contribution in [3.63, 3.8) is 0 Å². The lowest BCUT2D eigenvalue weighted by atomic mass is 10.3. The van der Waals surface area contributed by atoms with E-state index in [1.807, 2.05) is 25.1 Å². The van der Waals surface area contributed by atoms with E-state index in [0.29, 0.717) is 19.0 Å². The summed E-state index contributed by atoms with van der Waals surface area (Å²) in [4.78, 5) is 8.57. The van der Waals surface area contributed by atoms with E-state index < -0.39 is 15.9 Å². The second kappa shape index (κ2) is 9.50. The molecule has 0 amide bonds. The summed E-state index contributed by atoms with van der Waals surface area (Å²) >= 11 is 1.15. The molecule has 2 aromatic rings. The van der Waals surface area contributed by atoms with Gasteiger partial charge in [-0.05, 0) is 30.5 Å². The van der Waals surface area contributed by atoms with Crippen LogP contribution in [0.15, 0.2) is 51.1 Å². The lowest BCUT2D eigenvalue weighted by Gasteiger charge is -2.15. The number of sulfone groups is 1. The van der Waals surface area contributed by atoms with Crippen molar-refractivity contribution in [1.82, 2.24) is 15.6 Å². The molecule has 1 unspecified atom stereocenters. The Morgan fingerprint density at radius 3 is 2.80 bits per heavy atom. The minimum absolute atomic E-state index is 0.0820. The Bertz CT molecular complexity index is 762. The highest BCUT2D eigenvalue weighted by molar-refractivity contribution is 7.93. The van der Waals surface area contributed by atoms with Crippen LogP contribution in [0.5, 0.6) is 0 Å². The molecule has 0 aliphatic rings. The van der Waals surface area contributed by atoms with Gasteiger partial charge in [-0.1, -0.05) is 12.1 Å². The quantitative estimate of drug-likeness (QED) is 0.465. The van der Waals surface area contributed by atoms with Crippen molar-refractivity contribution in [1.29, 1.82) is 0 Å². The van der Waals surface area contributed by atoms with Gasteiger partial charge in [0.1, 0.15) is 4.21 Å². The Kier molecular flexibility index (Phi) is 7.35. The van der Waals surface area contributed by atoms with Crippen molar-refractivity contribution in [2.24, 2.45) is 4.99 Å². The van der Waals surface area contributed by atoms with Crippen LogP contribution in [0.25, 0.3) is 0 Å². The molecule has 0 fully saturated rings. The maximum atomic E-state index is 12.2. The number of pyridine rings is 1. The Balaban J connectivity index is 1.89. The summed E-state index contributed by atoms with van der Waals surface area (Å²) in [5.74, 6) is 0.167. The zero-order valence-corrected chi connectivity index (χ0v) is 15.6. The molecule has 25 heavy (non-hydrogen) atoms. The van der Waals surface area contributed by atoms with Gasteiger partial charge in [-0.25, -0.2) is 13.4 Å². The summed E-state index contributed by atoms with van der Waals surface area (Å²) in [6, 6.07) is 8.81. The average Bonchev–Trinajstić information content (AvgIpc) is 3.13. The van der Waals surface area contributed by atoms with Gasteiger partial charge in [0.2, 0.25) is 0 Å². The zero-order valence-electron chi connectivity index (χ0n) is 13.9. The molecule has 1 atom stereocenters. The smallest absolute Gasteiger partial charge is 0.191 e. The monoisotopic (exact) mass is 382 g/mol. The van der Waals surface area contributed by atoms with Crippen molar-refractivity contribution in [2.45, 2.75) is 23.8 Å². The van der Waals surface area contributed by atoms with Crippen LogP contribution in [0.3, 0.4) is 0 Å². The molecule has 2 aromatic heterocycles. The molecule has 2 rings (SSSR count). The SMILES string of the molecule is CCNC(=NCc1ccccn1)NCC(O)CS(=O)(=O)c1cccs1. The topological polar surface area (TPSA) is 104 Å². The Morgan fingerprint density at radius 1 is 1.32 bits per heavy atom. The number of thiophene rings is 1. The van der Waals surface area contributed by atoms with Gasteiger partial charge in [-0.3, -0.25) is 4.98 Å². The number of guanidine groups is 1. The Hall–Kier alpha value is -1.97. The number of rotatable bonds is 8. The Labute approximate surface area is 151 Å². The third kappa shape index (κ3) is 6.45. The Morgan fingerprint density at radius 2 is 2.16 bits per heavy atom. The van der Waals surface area contributed by atoms with Gasteiger partial charge in [-0.2, -0.15) is 0 Å². The lowest BCUT2D eigenvalue weighted by Crippen LogP contribution is -2.42. The summed E-state index contributed by atoms with van der Waals surface area (Å²) < 4.78 is 24.6. The van der Waals surface area contributed by atoms with E-state index in [1.54, 1.807) is 23.7 Å². The van der Waals surface area contributed by atoms with E-state index in [-0.39, 0.29) is 16.5 Å². The van der Waals surface area contributed by atoms with Crippen LogP contribution in [0, 0.1) is 0 Å². The number of aromatic nitrogens is 1. The van der Waals surface area contributed by atoms with E-state index in [9.17, 15) is 13.5 Å². The predicted octanol–water partition coefficient (Wildman–Crippen LogP) is 1.03. The fourth-order valence-corrected chi connectivity index (χ4v) is 4.52. The molecule has 0 aliphatic heterocycles. The minimum atomic E-state index is -3.47. The molecule has 0 saturated carbocycles. The van der Waals surface area contributed by atoms with Gasteiger partial charge in [0, 0.05) is 19.3 Å². The van der Waals surface area contributed by atoms with Crippen LogP contribution >= 0.6 is 11.3 Å². The molecule has 3 N–H and O–H groups in total. The van der Waals surface area contributed by atoms with Crippen molar-refractivity contribution < 1.29 is 13.5 Å². The average molecular weight is 383 g/mol. The third-order valence-electron chi connectivity index (χ3n) is 3.19. The summed E-state index contributed by atoms with van der Waals surface area (Å²) in [6.07, 6.45) is 0.663. The van der Waals surface area contributed by atoms with Crippen molar-refractivity contribution in [2.75, 3.05) is 18.8 Å². The van der Waals surface area contributed by atoms with Gasteiger partial charge in [0.15, 0.2) is 15.8 Å². The number of hydrogen-bond donors (Lipinski definition) is 3. The molecule has 136 valence electrons. The van der Waals surface area contributed by atoms with Crippen molar-refractivity contribution in [3.8, 4) is 0 Å². The number of aliphatic hydroxyl groups is 1. The first-order valence-electron chi connectivity index (χ1n) is 7.87. The molecule has 7 nitrogen and oxygen atoms in total. The molecular weight excluding hydrogens is 360 g/mol.